The van der Waals surface area contributed by atoms with Gasteiger partial charge >= 0.3 is 0 Å². The molecular formula is C18H17ClN4OS. The third-order valence-corrected chi connectivity index (χ3v) is 5.44. The predicted molar refractivity (Wildman–Crippen MR) is 99.4 cm³/mol. The molecule has 1 amide bonds. The highest BCUT2D eigenvalue weighted by molar-refractivity contribution is 8.00. The number of nitrogens with zero attached hydrogens (tertiary/aromatic N) is 3. The molecule has 7 heteroatoms. The van der Waals surface area contributed by atoms with E-state index < -0.39 is 5.91 Å². The first-order valence-corrected chi connectivity index (χ1v) is 9.18. The van der Waals surface area contributed by atoms with Crippen LogP contribution >= 0.6 is 23.4 Å². The Kier molecular flexibility index (Phi) is 5.28. The van der Waals surface area contributed by atoms with E-state index in [1.807, 2.05) is 31.3 Å². The lowest BCUT2D eigenvalue weighted by atomic mass is 9.92. The maximum Gasteiger partial charge on any atom is 0.227 e. The molecule has 0 unspecified atom stereocenters. The predicted octanol–water partition coefficient (Wildman–Crippen LogP) is 2.84. The van der Waals surface area contributed by atoms with Gasteiger partial charge in [-0.3, -0.25) is 4.79 Å². The van der Waals surface area contributed by atoms with Crippen LogP contribution in [0.1, 0.15) is 16.8 Å². The number of amides is 1. The van der Waals surface area contributed by atoms with Crippen molar-refractivity contribution in [2.75, 3.05) is 19.3 Å². The Hall–Kier alpha value is -2.07. The van der Waals surface area contributed by atoms with Crippen LogP contribution in [0.4, 0.5) is 0 Å². The van der Waals surface area contributed by atoms with Gasteiger partial charge in [-0.05, 0) is 18.7 Å². The molecule has 2 aromatic rings. The van der Waals surface area contributed by atoms with Crippen LogP contribution < -0.4 is 5.73 Å². The van der Waals surface area contributed by atoms with Crippen molar-refractivity contribution >= 4 is 29.3 Å². The van der Waals surface area contributed by atoms with Gasteiger partial charge in [0.25, 0.3) is 0 Å². The Morgan fingerprint density at radius 2 is 2.24 bits per heavy atom. The van der Waals surface area contributed by atoms with Crippen LogP contribution in [0.15, 0.2) is 29.3 Å². The third kappa shape index (κ3) is 3.64. The molecule has 3 rings (SSSR count). The molecule has 0 bridgehead atoms. The first kappa shape index (κ1) is 17.7. The Bertz CT molecular complexity index is 878. The first-order valence-electron chi connectivity index (χ1n) is 7.81. The molecule has 0 fully saturated rings. The minimum absolute atomic E-state index is 0.0856. The van der Waals surface area contributed by atoms with E-state index in [0.717, 1.165) is 35.3 Å². The topological polar surface area (TPSA) is 83.0 Å². The van der Waals surface area contributed by atoms with Gasteiger partial charge in [0.15, 0.2) is 0 Å². The van der Waals surface area contributed by atoms with Gasteiger partial charge in [-0.15, -0.1) is 0 Å². The lowest BCUT2D eigenvalue weighted by Gasteiger charge is -2.28. The number of likely N-dealkylation sites (N-methyl/N-ethyl adjacent to an activating group) is 1. The van der Waals surface area contributed by atoms with Crippen LogP contribution in [0.25, 0.3) is 11.1 Å². The molecule has 0 radical (unpaired) electrons. The Balaban J connectivity index is 2.26. The minimum atomic E-state index is -0.438. The zero-order chi connectivity index (χ0) is 18.0. The molecule has 128 valence electrons. The number of benzene rings is 1. The van der Waals surface area contributed by atoms with E-state index in [-0.39, 0.29) is 5.75 Å². The lowest BCUT2D eigenvalue weighted by molar-refractivity contribution is -0.115. The monoisotopic (exact) mass is 372 g/mol. The summed E-state index contributed by atoms with van der Waals surface area (Å²) >= 11 is 7.63. The summed E-state index contributed by atoms with van der Waals surface area (Å²) in [5, 5.41) is 10.9. The first-order chi connectivity index (χ1) is 12.0. The largest absolute Gasteiger partial charge is 0.369 e. The second-order valence-corrected chi connectivity index (χ2v) is 7.30. The maximum atomic E-state index is 11.2. The van der Waals surface area contributed by atoms with E-state index >= 15 is 0 Å². The molecule has 0 aliphatic carbocycles. The zero-order valence-corrected chi connectivity index (χ0v) is 15.3. The highest BCUT2D eigenvalue weighted by Gasteiger charge is 2.26. The summed E-state index contributed by atoms with van der Waals surface area (Å²) in [6, 6.07) is 9.75. The minimum Gasteiger partial charge on any atom is -0.369 e. The molecule has 5 nitrogen and oxygen atoms in total. The fraction of sp³-hybridized carbons (Fsp3) is 0.278. The number of hydrogen-bond donors (Lipinski definition) is 1. The fourth-order valence-electron chi connectivity index (χ4n) is 2.98. The van der Waals surface area contributed by atoms with Crippen LogP contribution in [0.5, 0.6) is 0 Å². The number of pyridine rings is 1. The van der Waals surface area contributed by atoms with E-state index in [9.17, 15) is 10.1 Å². The molecule has 0 atom stereocenters. The molecule has 2 N–H and O–H groups in total. The Labute approximate surface area is 155 Å². The number of carbonyl (C=O) groups excluding carboxylic acids is 1. The van der Waals surface area contributed by atoms with Gasteiger partial charge in [0.2, 0.25) is 5.91 Å². The maximum absolute atomic E-state index is 11.2. The van der Waals surface area contributed by atoms with E-state index in [0.29, 0.717) is 22.2 Å². The molecular weight excluding hydrogens is 356 g/mol. The van der Waals surface area contributed by atoms with Crippen molar-refractivity contribution in [3.63, 3.8) is 0 Å². The highest BCUT2D eigenvalue weighted by Crippen LogP contribution is 2.39. The van der Waals surface area contributed by atoms with Crippen molar-refractivity contribution < 1.29 is 4.79 Å². The number of rotatable bonds is 4. The third-order valence-electron chi connectivity index (χ3n) is 4.11. The molecule has 1 aromatic heterocycles. The van der Waals surface area contributed by atoms with E-state index in [2.05, 4.69) is 16.0 Å². The second kappa shape index (κ2) is 7.44. The van der Waals surface area contributed by atoms with Gasteiger partial charge in [-0.2, -0.15) is 5.26 Å². The SMILES string of the molecule is CN1CCc2nc(SCC(N)=O)c(C#N)c(-c3ccccc3Cl)c2C1. The molecule has 0 saturated heterocycles. The summed E-state index contributed by atoms with van der Waals surface area (Å²) < 4.78 is 0. The summed E-state index contributed by atoms with van der Waals surface area (Å²) in [7, 11) is 2.04. The smallest absolute Gasteiger partial charge is 0.227 e. The number of aromatic nitrogens is 1. The quantitative estimate of drug-likeness (QED) is 0.834. The molecule has 1 aromatic carbocycles. The van der Waals surface area contributed by atoms with Crippen LogP contribution in [0.2, 0.25) is 5.02 Å². The number of carbonyl (C=O) groups is 1. The second-order valence-electron chi connectivity index (χ2n) is 5.93. The van der Waals surface area contributed by atoms with E-state index in [1.54, 1.807) is 0 Å². The summed E-state index contributed by atoms with van der Waals surface area (Å²) in [6.07, 6.45) is 0.791. The number of primary amides is 1. The summed E-state index contributed by atoms with van der Waals surface area (Å²) in [4.78, 5) is 18.0. The van der Waals surface area contributed by atoms with Crippen molar-refractivity contribution in [2.45, 2.75) is 18.0 Å². The molecule has 0 spiro atoms. The zero-order valence-electron chi connectivity index (χ0n) is 13.8. The summed E-state index contributed by atoms with van der Waals surface area (Å²) in [5.74, 6) is -0.352. The van der Waals surface area contributed by atoms with Crippen molar-refractivity contribution in [1.29, 1.82) is 5.26 Å². The molecule has 2 heterocycles. The summed E-state index contributed by atoms with van der Waals surface area (Å²) in [5.41, 5.74) is 9.33. The van der Waals surface area contributed by atoms with E-state index in [1.165, 1.54) is 11.8 Å². The van der Waals surface area contributed by atoms with Crippen molar-refractivity contribution in [1.82, 2.24) is 9.88 Å². The van der Waals surface area contributed by atoms with Gasteiger partial charge in [0, 0.05) is 41.4 Å². The van der Waals surface area contributed by atoms with Crippen molar-refractivity contribution in [3.05, 3.63) is 46.1 Å². The van der Waals surface area contributed by atoms with Crippen molar-refractivity contribution in [3.8, 4) is 17.2 Å². The molecule has 1 aliphatic rings. The molecule has 0 saturated carbocycles. The number of halogens is 1. The molecule has 25 heavy (non-hydrogen) atoms. The molecule has 1 aliphatic heterocycles. The normalized spacial score (nSPS) is 14.0. The average Bonchev–Trinajstić information content (AvgIpc) is 2.59. The van der Waals surface area contributed by atoms with Gasteiger partial charge < -0.3 is 10.6 Å². The van der Waals surface area contributed by atoms with Crippen LogP contribution in [0.3, 0.4) is 0 Å². The Morgan fingerprint density at radius 1 is 1.48 bits per heavy atom. The van der Waals surface area contributed by atoms with Crippen molar-refractivity contribution in [2.24, 2.45) is 5.73 Å². The van der Waals surface area contributed by atoms with Gasteiger partial charge in [0.05, 0.1) is 11.3 Å². The van der Waals surface area contributed by atoms with Gasteiger partial charge in [-0.1, -0.05) is 41.6 Å². The number of nitriles is 1. The van der Waals surface area contributed by atoms with Gasteiger partial charge in [0.1, 0.15) is 11.1 Å². The van der Waals surface area contributed by atoms with Crippen LogP contribution in [-0.4, -0.2) is 35.1 Å². The van der Waals surface area contributed by atoms with Crippen LogP contribution in [0, 0.1) is 11.3 Å². The Morgan fingerprint density at radius 3 is 2.92 bits per heavy atom. The summed E-state index contributed by atoms with van der Waals surface area (Å²) in [6.45, 7) is 1.60. The van der Waals surface area contributed by atoms with Gasteiger partial charge in [-0.25, -0.2) is 4.98 Å². The number of thioether (sulfide) groups is 1. The fourth-order valence-corrected chi connectivity index (χ4v) is 3.96. The lowest BCUT2D eigenvalue weighted by Crippen LogP contribution is -2.28. The number of fused-ring (bicyclic) bond motifs is 1. The standard InChI is InChI=1S/C18H17ClN4OS/c1-23-7-6-15-13(9-23)17(11-4-2-3-5-14(11)19)12(8-20)18(22-15)25-10-16(21)24/h2-5H,6-7,9-10H2,1H3,(H2,21,24). The highest BCUT2D eigenvalue weighted by atomic mass is 35.5. The number of nitrogens with two attached hydrogens (primary N) is 1. The van der Waals surface area contributed by atoms with E-state index in [4.69, 9.17) is 17.3 Å². The number of hydrogen-bond acceptors (Lipinski definition) is 5. The van der Waals surface area contributed by atoms with Crippen LogP contribution in [-0.2, 0) is 17.8 Å². The average molecular weight is 373 g/mol.